The number of benzene rings is 1. The summed E-state index contributed by atoms with van der Waals surface area (Å²) in [6.07, 6.45) is 1.66. The Kier molecular flexibility index (Phi) is 5.63. The fourth-order valence-corrected chi connectivity index (χ4v) is 2.69. The van der Waals surface area contributed by atoms with Crippen LogP contribution in [0.25, 0.3) is 0 Å². The van der Waals surface area contributed by atoms with E-state index in [-0.39, 0.29) is 0 Å². The number of nitrogens with one attached hydrogen (secondary N) is 2. The second-order valence-corrected chi connectivity index (χ2v) is 6.07. The zero-order valence-corrected chi connectivity index (χ0v) is 15.1. The summed E-state index contributed by atoms with van der Waals surface area (Å²) in [7, 11) is 1.74. The van der Waals surface area contributed by atoms with Crippen LogP contribution in [0.5, 0.6) is 11.5 Å². The molecule has 0 radical (unpaired) electrons. The predicted octanol–water partition coefficient (Wildman–Crippen LogP) is 3.43. The molecule has 0 aliphatic carbocycles. The van der Waals surface area contributed by atoms with E-state index in [9.17, 15) is 0 Å². The van der Waals surface area contributed by atoms with E-state index in [0.29, 0.717) is 25.7 Å². The third kappa shape index (κ3) is 4.44. The Bertz CT molecular complexity index is 715. The van der Waals surface area contributed by atoms with Crippen LogP contribution in [0.3, 0.4) is 0 Å². The highest BCUT2D eigenvalue weighted by Crippen LogP contribution is 2.32. The van der Waals surface area contributed by atoms with E-state index in [1.807, 2.05) is 30.3 Å². The Morgan fingerprint density at radius 2 is 2.00 bits per heavy atom. The number of aliphatic imine (C=N–C) groups is 1. The van der Waals surface area contributed by atoms with Crippen molar-refractivity contribution in [2.24, 2.45) is 4.99 Å². The average molecular weight is 394 g/mol. The molecule has 0 amide bonds. The minimum atomic E-state index is 0.669. The van der Waals surface area contributed by atoms with Gasteiger partial charge in [0.05, 0.1) is 13.2 Å². The standard InChI is InChI=1S/C17H20BrN3O3/c1-19-17(20-8-7-13-4-6-16(18)24-13)21-12-3-5-14-15(11-12)23-10-2-9-22-14/h3-6,11H,2,7-10H2,1H3,(H2,19,20,21). The number of hydrogen-bond donors (Lipinski definition) is 2. The molecule has 1 aliphatic heterocycles. The van der Waals surface area contributed by atoms with Gasteiger partial charge in [-0.1, -0.05) is 0 Å². The normalized spacial score (nSPS) is 14.2. The van der Waals surface area contributed by atoms with Gasteiger partial charge in [0.1, 0.15) is 5.76 Å². The van der Waals surface area contributed by atoms with Crippen LogP contribution >= 0.6 is 15.9 Å². The molecule has 7 heteroatoms. The SMILES string of the molecule is CN=C(NCCc1ccc(Br)o1)Nc1ccc2c(c1)OCCCO2. The zero-order chi connectivity index (χ0) is 16.8. The van der Waals surface area contributed by atoms with Crippen molar-refractivity contribution >= 4 is 27.6 Å². The van der Waals surface area contributed by atoms with Gasteiger partial charge in [0.25, 0.3) is 0 Å². The highest BCUT2D eigenvalue weighted by molar-refractivity contribution is 9.10. The second kappa shape index (κ2) is 8.10. The van der Waals surface area contributed by atoms with Crippen molar-refractivity contribution in [3.63, 3.8) is 0 Å². The van der Waals surface area contributed by atoms with Gasteiger partial charge < -0.3 is 24.5 Å². The second-order valence-electron chi connectivity index (χ2n) is 5.29. The first-order valence-electron chi connectivity index (χ1n) is 7.86. The molecule has 0 bridgehead atoms. The van der Waals surface area contributed by atoms with Crippen LogP contribution in [-0.4, -0.2) is 32.8 Å². The van der Waals surface area contributed by atoms with Crippen LogP contribution in [0.2, 0.25) is 0 Å². The molecule has 0 atom stereocenters. The molecule has 0 saturated heterocycles. The van der Waals surface area contributed by atoms with Gasteiger partial charge >= 0.3 is 0 Å². The number of furan rings is 1. The summed E-state index contributed by atoms with van der Waals surface area (Å²) in [4.78, 5) is 4.23. The Morgan fingerprint density at radius 3 is 2.75 bits per heavy atom. The van der Waals surface area contributed by atoms with Gasteiger partial charge in [-0.25, -0.2) is 0 Å². The topological polar surface area (TPSA) is 68.0 Å². The summed E-state index contributed by atoms with van der Waals surface area (Å²) < 4.78 is 17.6. The molecule has 2 aromatic rings. The number of nitrogens with zero attached hydrogens (tertiary/aromatic N) is 1. The predicted molar refractivity (Wildman–Crippen MR) is 97.1 cm³/mol. The monoisotopic (exact) mass is 393 g/mol. The first-order valence-corrected chi connectivity index (χ1v) is 8.65. The lowest BCUT2D eigenvalue weighted by Gasteiger charge is -2.13. The number of fused-ring (bicyclic) bond motifs is 1. The van der Waals surface area contributed by atoms with Crippen molar-refractivity contribution < 1.29 is 13.9 Å². The Balaban J connectivity index is 1.56. The maximum Gasteiger partial charge on any atom is 0.195 e. The first-order chi connectivity index (χ1) is 11.7. The van der Waals surface area contributed by atoms with Crippen molar-refractivity contribution in [2.75, 3.05) is 32.1 Å². The lowest BCUT2D eigenvalue weighted by molar-refractivity contribution is 0.297. The number of guanidine groups is 1. The smallest absolute Gasteiger partial charge is 0.195 e. The highest BCUT2D eigenvalue weighted by Gasteiger charge is 2.11. The Hall–Kier alpha value is -2.15. The molecule has 24 heavy (non-hydrogen) atoms. The lowest BCUT2D eigenvalue weighted by Crippen LogP contribution is -2.32. The molecular weight excluding hydrogens is 374 g/mol. The highest BCUT2D eigenvalue weighted by atomic mass is 79.9. The van der Waals surface area contributed by atoms with Crippen molar-refractivity contribution in [3.8, 4) is 11.5 Å². The summed E-state index contributed by atoms with van der Waals surface area (Å²) in [5.74, 6) is 3.15. The third-order valence-corrected chi connectivity index (χ3v) is 3.95. The molecule has 1 aromatic heterocycles. The van der Waals surface area contributed by atoms with E-state index in [1.165, 1.54) is 0 Å². The molecule has 128 valence electrons. The summed E-state index contributed by atoms with van der Waals surface area (Å²) >= 11 is 3.30. The number of anilines is 1. The van der Waals surface area contributed by atoms with Crippen LogP contribution in [0.4, 0.5) is 5.69 Å². The summed E-state index contributed by atoms with van der Waals surface area (Å²) in [5, 5.41) is 6.51. The fraction of sp³-hybridized carbons (Fsp3) is 0.353. The molecule has 3 rings (SSSR count). The van der Waals surface area contributed by atoms with E-state index in [0.717, 1.165) is 40.5 Å². The van der Waals surface area contributed by atoms with Gasteiger partial charge in [-0.2, -0.15) is 0 Å². The molecule has 0 spiro atoms. The maximum atomic E-state index is 5.70. The van der Waals surface area contributed by atoms with Crippen LogP contribution in [0.1, 0.15) is 12.2 Å². The van der Waals surface area contributed by atoms with Crippen molar-refractivity contribution in [2.45, 2.75) is 12.8 Å². The van der Waals surface area contributed by atoms with Crippen LogP contribution < -0.4 is 20.1 Å². The largest absolute Gasteiger partial charge is 0.490 e. The Labute approximate surface area is 149 Å². The average Bonchev–Trinajstić information content (AvgIpc) is 2.86. The van der Waals surface area contributed by atoms with E-state index in [1.54, 1.807) is 7.05 Å². The first kappa shape index (κ1) is 16.7. The Morgan fingerprint density at radius 1 is 1.17 bits per heavy atom. The number of rotatable bonds is 4. The van der Waals surface area contributed by atoms with E-state index in [2.05, 4.69) is 31.6 Å². The number of ether oxygens (including phenoxy) is 2. The minimum absolute atomic E-state index is 0.669. The molecule has 6 nitrogen and oxygen atoms in total. The van der Waals surface area contributed by atoms with Gasteiger partial charge in [-0.05, 0) is 40.2 Å². The molecule has 2 N–H and O–H groups in total. The van der Waals surface area contributed by atoms with Gasteiger partial charge in [0.2, 0.25) is 0 Å². The zero-order valence-electron chi connectivity index (χ0n) is 13.5. The maximum absolute atomic E-state index is 5.70. The van der Waals surface area contributed by atoms with Gasteiger partial charge in [0, 0.05) is 38.2 Å². The lowest BCUT2D eigenvalue weighted by atomic mass is 10.2. The van der Waals surface area contributed by atoms with Crippen molar-refractivity contribution in [1.29, 1.82) is 0 Å². The molecule has 0 fully saturated rings. The van der Waals surface area contributed by atoms with Crippen LogP contribution in [0, 0.1) is 0 Å². The summed E-state index contributed by atoms with van der Waals surface area (Å²) in [6.45, 7) is 2.07. The van der Waals surface area contributed by atoms with Crippen molar-refractivity contribution in [3.05, 3.63) is 40.8 Å². The van der Waals surface area contributed by atoms with Gasteiger partial charge in [-0.15, -0.1) is 0 Å². The molecule has 1 aliphatic rings. The van der Waals surface area contributed by atoms with Gasteiger partial charge in [0.15, 0.2) is 22.1 Å². The number of hydrogen-bond acceptors (Lipinski definition) is 4. The molecule has 2 heterocycles. The van der Waals surface area contributed by atoms with Crippen LogP contribution in [-0.2, 0) is 6.42 Å². The van der Waals surface area contributed by atoms with E-state index >= 15 is 0 Å². The molecule has 0 unspecified atom stereocenters. The van der Waals surface area contributed by atoms with E-state index in [4.69, 9.17) is 13.9 Å². The molecule has 1 aromatic carbocycles. The van der Waals surface area contributed by atoms with Gasteiger partial charge in [-0.3, -0.25) is 4.99 Å². The summed E-state index contributed by atoms with van der Waals surface area (Å²) in [6, 6.07) is 9.63. The fourth-order valence-electron chi connectivity index (χ4n) is 2.35. The van der Waals surface area contributed by atoms with Crippen molar-refractivity contribution in [1.82, 2.24) is 5.32 Å². The van der Waals surface area contributed by atoms with E-state index < -0.39 is 0 Å². The summed E-state index contributed by atoms with van der Waals surface area (Å²) in [5.41, 5.74) is 0.896. The molecular formula is C17H20BrN3O3. The van der Waals surface area contributed by atoms with Crippen LogP contribution in [0.15, 0.2) is 44.4 Å². The minimum Gasteiger partial charge on any atom is -0.490 e. The number of halogens is 1. The third-order valence-electron chi connectivity index (χ3n) is 3.53. The molecule has 0 saturated carbocycles. The quantitative estimate of drug-likeness (QED) is 0.615.